The van der Waals surface area contributed by atoms with Gasteiger partial charge in [-0.3, -0.25) is 19.1 Å². The van der Waals surface area contributed by atoms with Crippen LogP contribution in [-0.4, -0.2) is 41.0 Å². The molecule has 1 aromatic heterocycles. The molecule has 118 valence electrons. The zero-order valence-corrected chi connectivity index (χ0v) is 12.7. The molecular formula is C13H23N5O3. The smallest absolute Gasteiger partial charge is 0.330 e. The van der Waals surface area contributed by atoms with E-state index in [4.69, 9.17) is 5.73 Å². The van der Waals surface area contributed by atoms with Gasteiger partial charge in [-0.15, -0.1) is 0 Å². The molecule has 8 nitrogen and oxygen atoms in total. The Balaban J connectivity index is 2.89. The maximum Gasteiger partial charge on any atom is 0.330 e. The molecule has 1 amide bonds. The molecule has 0 aliphatic rings. The molecule has 4 N–H and O–H groups in total. The van der Waals surface area contributed by atoms with E-state index in [0.29, 0.717) is 6.54 Å². The summed E-state index contributed by atoms with van der Waals surface area (Å²) in [6.07, 6.45) is 1.93. The first-order valence-corrected chi connectivity index (χ1v) is 6.95. The van der Waals surface area contributed by atoms with E-state index < -0.39 is 11.2 Å². The van der Waals surface area contributed by atoms with Gasteiger partial charge < -0.3 is 16.0 Å². The summed E-state index contributed by atoms with van der Waals surface area (Å²) in [6, 6.07) is 0. The van der Waals surface area contributed by atoms with Gasteiger partial charge in [0.15, 0.2) is 0 Å². The Morgan fingerprint density at radius 2 is 2.05 bits per heavy atom. The maximum atomic E-state index is 11.8. The highest BCUT2D eigenvalue weighted by Gasteiger charge is 2.12. The first-order chi connectivity index (χ1) is 9.88. The van der Waals surface area contributed by atoms with Crippen molar-refractivity contribution in [2.45, 2.75) is 32.7 Å². The van der Waals surface area contributed by atoms with E-state index in [-0.39, 0.29) is 30.4 Å². The third-order valence-electron chi connectivity index (χ3n) is 3.11. The molecule has 1 rings (SSSR count). The zero-order chi connectivity index (χ0) is 16.0. The molecule has 1 aromatic rings. The van der Waals surface area contributed by atoms with Crippen molar-refractivity contribution in [3.8, 4) is 0 Å². The number of nitrogens with one attached hydrogen (secondary N) is 2. The van der Waals surface area contributed by atoms with Gasteiger partial charge in [0.1, 0.15) is 11.5 Å². The van der Waals surface area contributed by atoms with Crippen molar-refractivity contribution in [2.24, 2.45) is 0 Å². The first kappa shape index (κ1) is 16.8. The maximum absolute atomic E-state index is 11.8. The third kappa shape index (κ3) is 4.37. The zero-order valence-electron chi connectivity index (χ0n) is 12.7. The summed E-state index contributed by atoms with van der Waals surface area (Å²) < 4.78 is 1.33. The number of hydrogen-bond acceptors (Lipinski definition) is 5. The molecule has 0 fully saturated rings. The lowest BCUT2D eigenvalue weighted by atomic mass is 10.3. The number of nitrogen functional groups attached to an aromatic ring is 1. The van der Waals surface area contributed by atoms with Crippen molar-refractivity contribution < 1.29 is 4.79 Å². The molecule has 0 unspecified atom stereocenters. The van der Waals surface area contributed by atoms with Crippen molar-refractivity contribution in [1.29, 1.82) is 0 Å². The highest BCUT2D eigenvalue weighted by Crippen LogP contribution is 2.10. The number of amides is 1. The molecule has 1 heterocycles. The molecule has 0 saturated heterocycles. The largest absolute Gasteiger partial charge is 0.383 e. The average molecular weight is 297 g/mol. The summed E-state index contributed by atoms with van der Waals surface area (Å²) in [5.41, 5.74) is 4.94. The molecule has 0 spiro atoms. The minimum atomic E-state index is -0.567. The molecule has 0 bridgehead atoms. The van der Waals surface area contributed by atoms with Crippen LogP contribution in [0, 0.1) is 0 Å². The second-order valence-corrected chi connectivity index (χ2v) is 4.99. The predicted molar refractivity (Wildman–Crippen MR) is 82.4 cm³/mol. The molecule has 0 atom stereocenters. The Bertz CT molecular complexity index is 603. The van der Waals surface area contributed by atoms with Gasteiger partial charge in [-0.05, 0) is 6.42 Å². The normalized spacial score (nSPS) is 10.4. The minimum Gasteiger partial charge on any atom is -0.383 e. The van der Waals surface area contributed by atoms with Gasteiger partial charge in [0.05, 0.1) is 0 Å². The molecular weight excluding hydrogens is 274 g/mol. The predicted octanol–water partition coefficient (Wildman–Crippen LogP) is -0.191. The van der Waals surface area contributed by atoms with Crippen LogP contribution in [0.4, 0.5) is 11.5 Å². The van der Waals surface area contributed by atoms with Gasteiger partial charge in [-0.2, -0.15) is 0 Å². The summed E-state index contributed by atoms with van der Waals surface area (Å²) in [7, 11) is 3.32. The fraction of sp³-hybridized carbons (Fsp3) is 0.615. The molecule has 0 aliphatic carbocycles. The van der Waals surface area contributed by atoms with E-state index in [1.807, 2.05) is 6.92 Å². The fourth-order valence-corrected chi connectivity index (χ4v) is 1.81. The number of carbonyl (C=O) groups excluding carboxylic acids is 1. The molecule has 8 heteroatoms. The second kappa shape index (κ2) is 7.51. The van der Waals surface area contributed by atoms with Gasteiger partial charge >= 0.3 is 5.69 Å². The number of H-pyrrole nitrogens is 1. The monoisotopic (exact) mass is 297 g/mol. The number of rotatable bonds is 7. The topological polar surface area (TPSA) is 113 Å². The van der Waals surface area contributed by atoms with Crippen LogP contribution in [0.25, 0.3) is 0 Å². The number of anilines is 2. The third-order valence-corrected chi connectivity index (χ3v) is 3.11. The number of unbranched alkanes of at least 4 members (excludes halogenated alkanes) is 1. The van der Waals surface area contributed by atoms with Crippen LogP contribution in [0.15, 0.2) is 9.59 Å². The molecule has 21 heavy (non-hydrogen) atoms. The van der Waals surface area contributed by atoms with Crippen LogP contribution in [0.2, 0.25) is 0 Å². The second-order valence-electron chi connectivity index (χ2n) is 4.99. The Morgan fingerprint density at radius 3 is 2.62 bits per heavy atom. The van der Waals surface area contributed by atoms with Crippen LogP contribution in [0.5, 0.6) is 0 Å². The Morgan fingerprint density at radius 1 is 1.38 bits per heavy atom. The van der Waals surface area contributed by atoms with E-state index in [2.05, 4.69) is 10.3 Å². The summed E-state index contributed by atoms with van der Waals surface area (Å²) in [5.74, 6) is 0.0475. The fourth-order valence-electron chi connectivity index (χ4n) is 1.81. The lowest BCUT2D eigenvalue weighted by molar-refractivity contribution is -0.128. The number of carbonyl (C=O) groups is 1. The average Bonchev–Trinajstić information content (AvgIpc) is 2.41. The lowest BCUT2D eigenvalue weighted by Crippen LogP contribution is -2.34. The van der Waals surface area contributed by atoms with Crippen molar-refractivity contribution in [3.63, 3.8) is 0 Å². The number of nitrogens with zero attached hydrogens (tertiary/aromatic N) is 2. The summed E-state index contributed by atoms with van der Waals surface area (Å²) in [4.78, 5) is 38.7. The van der Waals surface area contributed by atoms with E-state index in [9.17, 15) is 14.4 Å². The van der Waals surface area contributed by atoms with Crippen LogP contribution in [0.1, 0.15) is 26.2 Å². The molecule has 0 saturated carbocycles. The molecule has 0 radical (unpaired) electrons. The SMILES string of the molecule is CCCCn1c(N)c(NCCC(=O)N(C)C)c(=O)[nH]c1=O. The van der Waals surface area contributed by atoms with Crippen LogP contribution in [-0.2, 0) is 11.3 Å². The summed E-state index contributed by atoms with van der Waals surface area (Å²) >= 11 is 0. The van der Waals surface area contributed by atoms with E-state index in [1.54, 1.807) is 14.1 Å². The van der Waals surface area contributed by atoms with Crippen molar-refractivity contribution in [1.82, 2.24) is 14.5 Å². The van der Waals surface area contributed by atoms with Gasteiger partial charge in [0.25, 0.3) is 5.56 Å². The van der Waals surface area contributed by atoms with Gasteiger partial charge in [0, 0.05) is 33.6 Å². The molecule has 0 aromatic carbocycles. The summed E-state index contributed by atoms with van der Waals surface area (Å²) in [6.45, 7) is 2.72. The molecule has 0 aliphatic heterocycles. The van der Waals surface area contributed by atoms with Crippen molar-refractivity contribution in [2.75, 3.05) is 31.7 Å². The van der Waals surface area contributed by atoms with E-state index in [1.165, 1.54) is 9.47 Å². The Hall–Kier alpha value is -2.25. The lowest BCUT2D eigenvalue weighted by Gasteiger charge is -2.14. The minimum absolute atomic E-state index is 0.0585. The number of nitrogens with two attached hydrogens (primary N) is 1. The van der Waals surface area contributed by atoms with Crippen LogP contribution >= 0.6 is 0 Å². The number of hydrogen-bond donors (Lipinski definition) is 3. The Labute approximate surface area is 122 Å². The number of aromatic nitrogens is 2. The quantitative estimate of drug-likeness (QED) is 0.645. The van der Waals surface area contributed by atoms with E-state index in [0.717, 1.165) is 12.8 Å². The van der Waals surface area contributed by atoms with Crippen molar-refractivity contribution >= 4 is 17.4 Å². The summed E-state index contributed by atoms with van der Waals surface area (Å²) in [5, 5.41) is 2.84. The van der Waals surface area contributed by atoms with Crippen LogP contribution < -0.4 is 22.3 Å². The van der Waals surface area contributed by atoms with Gasteiger partial charge in [0.2, 0.25) is 5.91 Å². The number of aromatic amines is 1. The van der Waals surface area contributed by atoms with Crippen LogP contribution in [0.3, 0.4) is 0 Å². The van der Waals surface area contributed by atoms with Gasteiger partial charge in [-0.1, -0.05) is 13.3 Å². The highest BCUT2D eigenvalue weighted by atomic mass is 16.2. The first-order valence-electron chi connectivity index (χ1n) is 6.95. The standard InChI is InChI=1S/C13H23N5O3/c1-4-5-8-18-11(14)10(12(20)16-13(18)21)15-7-6-9(19)17(2)3/h15H,4-8,14H2,1-3H3,(H,16,20,21). The van der Waals surface area contributed by atoms with Gasteiger partial charge in [-0.25, -0.2) is 4.79 Å². The van der Waals surface area contributed by atoms with Crippen molar-refractivity contribution in [3.05, 3.63) is 20.8 Å². The highest BCUT2D eigenvalue weighted by molar-refractivity contribution is 5.76. The Kier molecular flexibility index (Phi) is 6.01. The van der Waals surface area contributed by atoms with E-state index >= 15 is 0 Å².